The van der Waals surface area contributed by atoms with E-state index in [0.29, 0.717) is 11.3 Å². The van der Waals surface area contributed by atoms with Gasteiger partial charge in [0.05, 0.1) is 16.3 Å². The van der Waals surface area contributed by atoms with Crippen molar-refractivity contribution in [3.05, 3.63) is 75.6 Å². The molecule has 0 fully saturated rings. The Morgan fingerprint density at radius 3 is 2.74 bits per heavy atom. The van der Waals surface area contributed by atoms with Crippen LogP contribution in [0.3, 0.4) is 0 Å². The highest BCUT2D eigenvalue weighted by molar-refractivity contribution is 6.01. The molecule has 3 rings (SSSR count). The number of carbonyl (C=O) groups excluding carboxylic acids is 1. The predicted octanol–water partition coefficient (Wildman–Crippen LogP) is 2.03. The van der Waals surface area contributed by atoms with Crippen molar-refractivity contribution in [2.75, 3.05) is 0 Å². The Bertz CT molecular complexity index is 1030. The van der Waals surface area contributed by atoms with E-state index >= 15 is 0 Å². The maximum Gasteiger partial charge on any atom is 0.273 e. The number of nitro groups is 1. The highest BCUT2D eigenvalue weighted by atomic mass is 16.6. The number of benzene rings is 2. The summed E-state index contributed by atoms with van der Waals surface area (Å²) < 4.78 is 1.50. The van der Waals surface area contributed by atoms with Gasteiger partial charge in [-0.25, -0.2) is 10.1 Å². The summed E-state index contributed by atoms with van der Waals surface area (Å²) in [6, 6.07) is 11.6. The predicted molar refractivity (Wildman–Crippen MR) is 96.7 cm³/mol. The minimum Gasteiger partial charge on any atom is -0.267 e. The molecule has 1 N–H and O–H groups in total. The van der Waals surface area contributed by atoms with Crippen LogP contribution in [0.25, 0.3) is 5.69 Å². The van der Waals surface area contributed by atoms with Gasteiger partial charge in [-0.2, -0.15) is 5.10 Å². The van der Waals surface area contributed by atoms with Crippen LogP contribution >= 0.6 is 0 Å². The van der Waals surface area contributed by atoms with Crippen molar-refractivity contribution in [1.29, 1.82) is 0 Å². The van der Waals surface area contributed by atoms with Crippen molar-refractivity contribution in [3.8, 4) is 5.69 Å². The average Bonchev–Trinajstić information content (AvgIpc) is 3.21. The zero-order chi connectivity index (χ0) is 19.4. The van der Waals surface area contributed by atoms with E-state index in [2.05, 4.69) is 26.1 Å². The van der Waals surface area contributed by atoms with Crippen molar-refractivity contribution in [2.45, 2.75) is 13.8 Å². The number of hydrogen-bond donors (Lipinski definition) is 1. The molecule has 0 saturated heterocycles. The number of aryl methyl sites for hydroxylation is 1. The van der Waals surface area contributed by atoms with Gasteiger partial charge in [0, 0.05) is 17.2 Å². The smallest absolute Gasteiger partial charge is 0.267 e. The van der Waals surface area contributed by atoms with Crippen LogP contribution in [0, 0.1) is 17.0 Å². The van der Waals surface area contributed by atoms with Crippen molar-refractivity contribution < 1.29 is 9.72 Å². The van der Waals surface area contributed by atoms with E-state index in [-0.39, 0.29) is 11.3 Å². The third-order valence-electron chi connectivity index (χ3n) is 3.87. The maximum absolute atomic E-state index is 12.2. The number of nitro benzene ring substituents is 1. The number of nitrogens with one attached hydrogen (secondary N) is 1. The van der Waals surface area contributed by atoms with Crippen LogP contribution in [-0.2, 0) is 0 Å². The van der Waals surface area contributed by atoms with Crippen molar-refractivity contribution in [1.82, 2.24) is 25.6 Å². The Balaban J connectivity index is 1.78. The first kappa shape index (κ1) is 17.9. The van der Waals surface area contributed by atoms with Gasteiger partial charge in [0.25, 0.3) is 11.6 Å². The molecule has 0 saturated carbocycles. The summed E-state index contributed by atoms with van der Waals surface area (Å²) in [4.78, 5) is 22.7. The Morgan fingerprint density at radius 1 is 1.22 bits per heavy atom. The van der Waals surface area contributed by atoms with Crippen molar-refractivity contribution in [2.24, 2.45) is 5.10 Å². The zero-order valence-electron chi connectivity index (χ0n) is 14.5. The SMILES string of the molecule is C/C(=N\NC(=O)c1ccc(C)c([N+](=O)[O-])c1)c1cccc(-n2cnnn2)c1. The van der Waals surface area contributed by atoms with Gasteiger partial charge in [0.1, 0.15) is 6.33 Å². The molecule has 10 nitrogen and oxygen atoms in total. The van der Waals surface area contributed by atoms with E-state index in [9.17, 15) is 14.9 Å². The minimum absolute atomic E-state index is 0.113. The lowest BCUT2D eigenvalue weighted by Crippen LogP contribution is -2.19. The topological polar surface area (TPSA) is 128 Å². The van der Waals surface area contributed by atoms with Crippen LogP contribution in [0.4, 0.5) is 5.69 Å². The van der Waals surface area contributed by atoms with E-state index in [1.54, 1.807) is 13.8 Å². The summed E-state index contributed by atoms with van der Waals surface area (Å²) in [5, 5.41) is 26.1. The highest BCUT2D eigenvalue weighted by Crippen LogP contribution is 2.19. The van der Waals surface area contributed by atoms with Crippen LogP contribution in [0.1, 0.15) is 28.4 Å². The van der Waals surface area contributed by atoms with Crippen LogP contribution in [0.2, 0.25) is 0 Å². The monoisotopic (exact) mass is 365 g/mol. The quantitative estimate of drug-likeness (QED) is 0.418. The Hall–Kier alpha value is -3.95. The maximum atomic E-state index is 12.2. The lowest BCUT2D eigenvalue weighted by Gasteiger charge is -2.06. The van der Waals surface area contributed by atoms with Gasteiger partial charge in [-0.3, -0.25) is 14.9 Å². The fraction of sp³-hybridized carbons (Fsp3) is 0.118. The lowest BCUT2D eigenvalue weighted by molar-refractivity contribution is -0.385. The second-order valence-electron chi connectivity index (χ2n) is 5.70. The molecule has 1 aromatic heterocycles. The van der Waals surface area contributed by atoms with Crippen LogP contribution < -0.4 is 5.43 Å². The molecule has 2 aromatic carbocycles. The molecule has 0 spiro atoms. The summed E-state index contributed by atoms with van der Waals surface area (Å²) in [6.45, 7) is 3.34. The normalized spacial score (nSPS) is 11.3. The Morgan fingerprint density at radius 2 is 2.04 bits per heavy atom. The molecule has 10 heteroatoms. The fourth-order valence-electron chi connectivity index (χ4n) is 2.36. The molecular formula is C17H15N7O3. The minimum atomic E-state index is -0.533. The summed E-state index contributed by atoms with van der Waals surface area (Å²) >= 11 is 0. The van der Waals surface area contributed by atoms with Crippen molar-refractivity contribution in [3.63, 3.8) is 0 Å². The molecule has 3 aromatic rings. The molecule has 0 aliphatic carbocycles. The Labute approximate surface area is 153 Å². The molecule has 0 unspecified atom stereocenters. The molecular weight excluding hydrogens is 350 g/mol. The number of nitrogens with zero attached hydrogens (tertiary/aromatic N) is 6. The third-order valence-corrected chi connectivity index (χ3v) is 3.87. The largest absolute Gasteiger partial charge is 0.273 e. The van der Waals surface area contributed by atoms with Crippen LogP contribution in [0.5, 0.6) is 0 Å². The van der Waals surface area contributed by atoms with Crippen LogP contribution in [0.15, 0.2) is 53.9 Å². The summed E-state index contributed by atoms with van der Waals surface area (Å²) in [5.41, 5.74) is 5.00. The van der Waals surface area contributed by atoms with Gasteiger partial charge >= 0.3 is 0 Å². The number of tetrazole rings is 1. The average molecular weight is 365 g/mol. The van der Waals surface area contributed by atoms with E-state index in [1.807, 2.05) is 24.3 Å². The Kier molecular flexibility index (Phi) is 4.97. The lowest BCUT2D eigenvalue weighted by atomic mass is 10.1. The number of hydrazone groups is 1. The number of aromatic nitrogens is 4. The van der Waals surface area contributed by atoms with E-state index < -0.39 is 10.8 Å². The summed E-state index contributed by atoms with van der Waals surface area (Å²) in [5.74, 6) is -0.533. The number of carbonyl (C=O) groups is 1. The number of hydrogen-bond acceptors (Lipinski definition) is 7. The van der Waals surface area contributed by atoms with E-state index in [0.717, 1.165) is 11.3 Å². The van der Waals surface area contributed by atoms with Crippen LogP contribution in [-0.4, -0.2) is 36.7 Å². The molecule has 0 aliphatic rings. The molecule has 0 bridgehead atoms. The first-order chi connectivity index (χ1) is 13.0. The third kappa shape index (κ3) is 4.00. The van der Waals surface area contributed by atoms with Gasteiger partial charge < -0.3 is 0 Å². The molecule has 1 heterocycles. The van der Waals surface area contributed by atoms with Gasteiger partial charge in [-0.1, -0.05) is 18.2 Å². The van der Waals surface area contributed by atoms with Crippen molar-refractivity contribution >= 4 is 17.3 Å². The second-order valence-corrected chi connectivity index (χ2v) is 5.70. The molecule has 27 heavy (non-hydrogen) atoms. The summed E-state index contributed by atoms with van der Waals surface area (Å²) in [7, 11) is 0. The van der Waals surface area contributed by atoms with Gasteiger partial charge in [-0.05, 0) is 48.0 Å². The first-order valence-corrected chi connectivity index (χ1v) is 7.89. The van der Waals surface area contributed by atoms with E-state index in [1.165, 1.54) is 29.2 Å². The highest BCUT2D eigenvalue weighted by Gasteiger charge is 2.14. The number of amides is 1. The zero-order valence-corrected chi connectivity index (χ0v) is 14.5. The molecule has 0 radical (unpaired) electrons. The van der Waals surface area contributed by atoms with Gasteiger partial charge in [0.2, 0.25) is 0 Å². The summed E-state index contributed by atoms with van der Waals surface area (Å²) in [6.07, 6.45) is 1.47. The van der Waals surface area contributed by atoms with Gasteiger partial charge in [0.15, 0.2) is 0 Å². The van der Waals surface area contributed by atoms with E-state index in [4.69, 9.17) is 0 Å². The molecule has 136 valence electrons. The standard InChI is InChI=1S/C17H15N7O3/c1-11-6-7-14(9-16(11)24(26)27)17(25)20-19-12(2)13-4-3-5-15(8-13)23-10-18-21-22-23/h3-10H,1-2H3,(H,20,25)/b19-12+. The van der Waals surface area contributed by atoms with Gasteiger partial charge in [-0.15, -0.1) is 5.10 Å². The first-order valence-electron chi connectivity index (χ1n) is 7.89. The second kappa shape index (κ2) is 7.52. The molecule has 0 atom stereocenters. The fourth-order valence-corrected chi connectivity index (χ4v) is 2.36. The molecule has 1 amide bonds. The molecule has 0 aliphatic heterocycles. The number of rotatable bonds is 5.